The summed E-state index contributed by atoms with van der Waals surface area (Å²) in [6.07, 6.45) is 7.11. The molecule has 0 unspecified atom stereocenters. The van der Waals surface area contributed by atoms with Gasteiger partial charge in [0.05, 0.1) is 0 Å². The van der Waals surface area contributed by atoms with Crippen LogP contribution in [0.4, 0.5) is 0 Å². The van der Waals surface area contributed by atoms with E-state index in [0.29, 0.717) is 37.4 Å². The smallest absolute Gasteiger partial charge is 0.253 e. The molecule has 6 heteroatoms. The molecule has 4 rings (SSSR count). The lowest BCUT2D eigenvalue weighted by molar-refractivity contribution is -0.133. The molecule has 1 aromatic carbocycles. The Morgan fingerprint density at radius 3 is 2.46 bits per heavy atom. The van der Waals surface area contributed by atoms with E-state index in [9.17, 15) is 9.59 Å². The van der Waals surface area contributed by atoms with E-state index in [1.54, 1.807) is 10.9 Å². The molecular formula is C20H24N4O2. The van der Waals surface area contributed by atoms with Gasteiger partial charge in [-0.15, -0.1) is 0 Å². The van der Waals surface area contributed by atoms with E-state index in [4.69, 9.17) is 0 Å². The van der Waals surface area contributed by atoms with E-state index in [2.05, 4.69) is 10.4 Å². The van der Waals surface area contributed by atoms with Crippen molar-refractivity contribution in [1.29, 1.82) is 0 Å². The number of benzene rings is 1. The van der Waals surface area contributed by atoms with Crippen molar-refractivity contribution in [1.82, 2.24) is 20.0 Å². The fourth-order valence-corrected chi connectivity index (χ4v) is 3.65. The molecule has 2 aromatic rings. The Hall–Kier alpha value is -2.63. The Balaban J connectivity index is 1.48. The Morgan fingerprint density at radius 1 is 1.12 bits per heavy atom. The number of carbonyl (C=O) groups excluding carboxylic acids is 2. The van der Waals surface area contributed by atoms with Crippen LogP contribution in [0.15, 0.2) is 48.8 Å². The van der Waals surface area contributed by atoms with Crippen LogP contribution in [-0.4, -0.2) is 46.1 Å². The van der Waals surface area contributed by atoms with Crippen LogP contribution in [0.1, 0.15) is 36.0 Å². The zero-order chi connectivity index (χ0) is 18.0. The van der Waals surface area contributed by atoms with Crippen LogP contribution < -0.4 is 5.32 Å². The first-order chi connectivity index (χ1) is 12.7. The second kappa shape index (κ2) is 6.94. The minimum Gasteiger partial charge on any atom is -0.354 e. The van der Waals surface area contributed by atoms with E-state index < -0.39 is 5.54 Å². The normalized spacial score (nSPS) is 19.2. The zero-order valence-corrected chi connectivity index (χ0v) is 14.8. The van der Waals surface area contributed by atoms with Crippen molar-refractivity contribution in [3.63, 3.8) is 0 Å². The molecule has 26 heavy (non-hydrogen) atoms. The van der Waals surface area contributed by atoms with Gasteiger partial charge in [0.25, 0.3) is 5.91 Å². The van der Waals surface area contributed by atoms with E-state index in [1.807, 2.05) is 47.5 Å². The molecule has 1 N–H and O–H groups in total. The summed E-state index contributed by atoms with van der Waals surface area (Å²) in [5.41, 5.74) is -0.0106. The summed E-state index contributed by atoms with van der Waals surface area (Å²) in [4.78, 5) is 27.6. The summed E-state index contributed by atoms with van der Waals surface area (Å²) in [6.45, 7) is 1.84. The third-order valence-electron chi connectivity index (χ3n) is 5.51. The van der Waals surface area contributed by atoms with Gasteiger partial charge in [0.15, 0.2) is 0 Å². The van der Waals surface area contributed by atoms with Crippen LogP contribution in [0.3, 0.4) is 0 Å². The van der Waals surface area contributed by atoms with Crippen LogP contribution in [0.5, 0.6) is 0 Å². The lowest BCUT2D eigenvalue weighted by Gasteiger charge is -2.40. The molecule has 0 bridgehead atoms. The van der Waals surface area contributed by atoms with Gasteiger partial charge in [-0.25, -0.2) is 0 Å². The molecule has 1 aliphatic carbocycles. The summed E-state index contributed by atoms with van der Waals surface area (Å²) >= 11 is 0. The SMILES string of the molecule is O=C(c1ccccc1)N1CCC(C(=O)NCC2CC2)(n2cccn2)CC1. The van der Waals surface area contributed by atoms with Crippen LogP contribution in [0.25, 0.3) is 0 Å². The Bertz CT molecular complexity index is 760. The number of rotatable bonds is 5. The van der Waals surface area contributed by atoms with Gasteiger partial charge in [0.2, 0.25) is 5.91 Å². The fraction of sp³-hybridized carbons (Fsp3) is 0.450. The van der Waals surface area contributed by atoms with Crippen molar-refractivity contribution in [2.24, 2.45) is 5.92 Å². The highest BCUT2D eigenvalue weighted by Crippen LogP contribution is 2.32. The number of nitrogens with zero attached hydrogens (tertiary/aromatic N) is 3. The average Bonchev–Trinajstić information content (AvgIpc) is 3.36. The van der Waals surface area contributed by atoms with Gasteiger partial charge >= 0.3 is 0 Å². The van der Waals surface area contributed by atoms with Crippen molar-refractivity contribution < 1.29 is 9.59 Å². The third kappa shape index (κ3) is 3.23. The van der Waals surface area contributed by atoms with Crippen molar-refractivity contribution in [3.8, 4) is 0 Å². The molecule has 1 saturated heterocycles. The van der Waals surface area contributed by atoms with Crippen molar-refractivity contribution >= 4 is 11.8 Å². The first-order valence-corrected chi connectivity index (χ1v) is 9.32. The van der Waals surface area contributed by atoms with Gasteiger partial charge < -0.3 is 10.2 Å². The third-order valence-corrected chi connectivity index (χ3v) is 5.51. The molecule has 2 fully saturated rings. The lowest BCUT2D eigenvalue weighted by Crippen LogP contribution is -2.56. The number of nitrogens with one attached hydrogen (secondary N) is 1. The molecule has 2 heterocycles. The van der Waals surface area contributed by atoms with E-state index in [1.165, 1.54) is 12.8 Å². The molecule has 1 aliphatic heterocycles. The van der Waals surface area contributed by atoms with Gasteiger partial charge in [-0.2, -0.15) is 5.10 Å². The van der Waals surface area contributed by atoms with Crippen LogP contribution in [0.2, 0.25) is 0 Å². The minimum atomic E-state index is -0.703. The fourth-order valence-electron chi connectivity index (χ4n) is 3.65. The Morgan fingerprint density at radius 2 is 1.85 bits per heavy atom. The number of amides is 2. The molecule has 0 spiro atoms. The number of hydrogen-bond donors (Lipinski definition) is 1. The summed E-state index contributed by atoms with van der Waals surface area (Å²) < 4.78 is 1.78. The van der Waals surface area contributed by atoms with Gasteiger partial charge in [-0.1, -0.05) is 18.2 Å². The van der Waals surface area contributed by atoms with Crippen LogP contribution in [-0.2, 0) is 10.3 Å². The molecule has 2 aliphatic rings. The molecule has 1 saturated carbocycles. The van der Waals surface area contributed by atoms with E-state index in [0.717, 1.165) is 6.54 Å². The Kier molecular flexibility index (Phi) is 4.49. The number of hydrogen-bond acceptors (Lipinski definition) is 3. The molecular weight excluding hydrogens is 328 g/mol. The summed E-state index contributed by atoms with van der Waals surface area (Å²) in [7, 11) is 0. The van der Waals surface area contributed by atoms with Crippen molar-refractivity contribution in [2.45, 2.75) is 31.2 Å². The van der Waals surface area contributed by atoms with Gasteiger partial charge in [-0.3, -0.25) is 14.3 Å². The highest BCUT2D eigenvalue weighted by atomic mass is 16.2. The van der Waals surface area contributed by atoms with E-state index in [-0.39, 0.29) is 11.8 Å². The Labute approximate surface area is 153 Å². The average molecular weight is 352 g/mol. The second-order valence-corrected chi connectivity index (χ2v) is 7.29. The largest absolute Gasteiger partial charge is 0.354 e. The second-order valence-electron chi connectivity index (χ2n) is 7.29. The summed E-state index contributed by atoms with van der Waals surface area (Å²) in [6, 6.07) is 11.2. The molecule has 0 atom stereocenters. The number of piperidine rings is 1. The zero-order valence-electron chi connectivity index (χ0n) is 14.8. The monoisotopic (exact) mass is 352 g/mol. The molecule has 0 radical (unpaired) electrons. The lowest BCUT2D eigenvalue weighted by atomic mass is 9.86. The highest BCUT2D eigenvalue weighted by molar-refractivity contribution is 5.94. The number of carbonyl (C=O) groups is 2. The molecule has 2 amide bonds. The van der Waals surface area contributed by atoms with Gasteiger partial charge in [-0.05, 0) is 49.8 Å². The van der Waals surface area contributed by atoms with Crippen molar-refractivity contribution in [3.05, 3.63) is 54.4 Å². The van der Waals surface area contributed by atoms with Crippen LogP contribution in [0, 0.1) is 5.92 Å². The quantitative estimate of drug-likeness (QED) is 0.895. The summed E-state index contributed by atoms with van der Waals surface area (Å²) in [5.74, 6) is 0.686. The van der Waals surface area contributed by atoms with Gasteiger partial charge in [0.1, 0.15) is 5.54 Å². The predicted molar refractivity (Wildman–Crippen MR) is 97.5 cm³/mol. The maximum Gasteiger partial charge on any atom is 0.253 e. The highest BCUT2D eigenvalue weighted by Gasteiger charge is 2.44. The summed E-state index contributed by atoms with van der Waals surface area (Å²) in [5, 5.41) is 7.47. The van der Waals surface area contributed by atoms with Crippen LogP contribution >= 0.6 is 0 Å². The van der Waals surface area contributed by atoms with Gasteiger partial charge in [0, 0.05) is 37.6 Å². The first kappa shape index (κ1) is 16.8. The maximum atomic E-state index is 13.0. The van der Waals surface area contributed by atoms with E-state index >= 15 is 0 Å². The minimum absolute atomic E-state index is 0.0260. The number of aromatic nitrogens is 2. The first-order valence-electron chi connectivity index (χ1n) is 9.32. The molecule has 6 nitrogen and oxygen atoms in total. The standard InChI is InChI=1S/C20H24N4O2/c25-18(17-5-2-1-3-6-17)23-13-9-20(10-14-23,24-12-4-11-22-24)19(26)21-15-16-7-8-16/h1-6,11-12,16H,7-10,13-15H2,(H,21,26). The maximum absolute atomic E-state index is 13.0. The molecule has 1 aromatic heterocycles. The topological polar surface area (TPSA) is 67.2 Å². The predicted octanol–water partition coefficient (Wildman–Crippen LogP) is 2.04. The van der Waals surface area contributed by atoms with Crippen molar-refractivity contribution in [2.75, 3.05) is 19.6 Å². The molecule has 136 valence electrons. The number of likely N-dealkylation sites (tertiary alicyclic amines) is 1.